The van der Waals surface area contributed by atoms with Crippen LogP contribution < -0.4 is 0 Å². The van der Waals surface area contributed by atoms with Crippen molar-refractivity contribution in [2.75, 3.05) is 32.7 Å². The van der Waals surface area contributed by atoms with E-state index >= 15 is 0 Å². The summed E-state index contributed by atoms with van der Waals surface area (Å²) in [4.78, 5) is 16.7. The topological polar surface area (TPSA) is 32.8 Å². The van der Waals surface area contributed by atoms with E-state index in [4.69, 9.17) is 4.74 Å². The van der Waals surface area contributed by atoms with E-state index < -0.39 is 0 Å². The van der Waals surface area contributed by atoms with E-state index in [-0.39, 0.29) is 11.6 Å². The minimum atomic E-state index is -0.360. The molecule has 2 aliphatic heterocycles. The van der Waals surface area contributed by atoms with Gasteiger partial charge in [0.1, 0.15) is 5.60 Å². The molecular formula is C14H26N2O2. The molecule has 2 aliphatic rings. The van der Waals surface area contributed by atoms with Gasteiger partial charge in [0.05, 0.1) is 6.42 Å². The molecule has 0 amide bonds. The summed E-state index contributed by atoms with van der Waals surface area (Å²) in [7, 11) is 0. The summed E-state index contributed by atoms with van der Waals surface area (Å²) in [5.74, 6) is -0.0728. The summed E-state index contributed by atoms with van der Waals surface area (Å²) in [5.41, 5.74) is -0.360. The number of carbonyl (C=O) groups excluding carboxylic acids is 1. The molecule has 0 saturated carbocycles. The van der Waals surface area contributed by atoms with Crippen LogP contribution in [0.25, 0.3) is 0 Å². The maximum absolute atomic E-state index is 11.7. The van der Waals surface area contributed by atoms with Crippen molar-refractivity contribution in [3.63, 3.8) is 0 Å². The lowest BCUT2D eigenvalue weighted by molar-refractivity contribution is -0.155. The summed E-state index contributed by atoms with van der Waals surface area (Å²) < 4.78 is 5.34. The predicted molar refractivity (Wildman–Crippen MR) is 71.5 cm³/mol. The first kappa shape index (κ1) is 13.8. The van der Waals surface area contributed by atoms with E-state index in [1.165, 1.54) is 25.9 Å². The van der Waals surface area contributed by atoms with E-state index in [2.05, 4.69) is 9.80 Å². The molecule has 0 aromatic carbocycles. The SMILES string of the molecule is CC(C)(C)OC(=O)CCN1CCN2CCCC2C1. The van der Waals surface area contributed by atoms with Gasteiger partial charge in [0, 0.05) is 32.2 Å². The zero-order chi connectivity index (χ0) is 13.2. The average molecular weight is 254 g/mol. The molecule has 104 valence electrons. The van der Waals surface area contributed by atoms with Crippen LogP contribution in [0.2, 0.25) is 0 Å². The smallest absolute Gasteiger partial charge is 0.307 e. The fourth-order valence-electron chi connectivity index (χ4n) is 2.90. The maximum atomic E-state index is 11.7. The molecule has 0 radical (unpaired) electrons. The van der Waals surface area contributed by atoms with Crippen LogP contribution in [0.5, 0.6) is 0 Å². The van der Waals surface area contributed by atoms with Crippen molar-refractivity contribution in [1.82, 2.24) is 9.80 Å². The van der Waals surface area contributed by atoms with Gasteiger partial charge in [0.2, 0.25) is 0 Å². The van der Waals surface area contributed by atoms with Gasteiger partial charge in [-0.1, -0.05) is 0 Å². The molecule has 0 aliphatic carbocycles. The van der Waals surface area contributed by atoms with Gasteiger partial charge in [-0.25, -0.2) is 0 Å². The van der Waals surface area contributed by atoms with Gasteiger partial charge >= 0.3 is 5.97 Å². The van der Waals surface area contributed by atoms with Gasteiger partial charge in [0.15, 0.2) is 0 Å². The van der Waals surface area contributed by atoms with E-state index in [0.717, 1.165) is 25.7 Å². The Morgan fingerprint density at radius 2 is 2.06 bits per heavy atom. The van der Waals surface area contributed by atoms with Crippen molar-refractivity contribution < 1.29 is 9.53 Å². The molecule has 2 fully saturated rings. The van der Waals surface area contributed by atoms with E-state index in [0.29, 0.717) is 6.42 Å². The normalized spacial score (nSPS) is 26.1. The zero-order valence-corrected chi connectivity index (χ0v) is 11.9. The number of fused-ring (bicyclic) bond motifs is 1. The van der Waals surface area contributed by atoms with Gasteiger partial charge in [-0.05, 0) is 40.2 Å². The Morgan fingerprint density at radius 3 is 2.78 bits per heavy atom. The number of carbonyl (C=O) groups is 1. The van der Waals surface area contributed by atoms with Crippen molar-refractivity contribution in [2.45, 2.75) is 51.7 Å². The van der Waals surface area contributed by atoms with Gasteiger partial charge in [-0.15, -0.1) is 0 Å². The van der Waals surface area contributed by atoms with E-state index in [1.807, 2.05) is 20.8 Å². The molecule has 18 heavy (non-hydrogen) atoms. The van der Waals surface area contributed by atoms with E-state index in [9.17, 15) is 4.79 Å². The second kappa shape index (κ2) is 5.57. The summed E-state index contributed by atoms with van der Waals surface area (Å²) in [6.07, 6.45) is 3.18. The highest BCUT2D eigenvalue weighted by Crippen LogP contribution is 2.21. The molecule has 0 spiro atoms. The monoisotopic (exact) mass is 254 g/mol. The molecule has 2 heterocycles. The van der Waals surface area contributed by atoms with Crippen molar-refractivity contribution in [2.24, 2.45) is 0 Å². The van der Waals surface area contributed by atoms with Crippen LogP contribution in [0.15, 0.2) is 0 Å². The highest BCUT2D eigenvalue weighted by molar-refractivity contribution is 5.70. The Hall–Kier alpha value is -0.610. The largest absolute Gasteiger partial charge is 0.460 e. The molecule has 2 saturated heterocycles. The van der Waals surface area contributed by atoms with Gasteiger partial charge in [0.25, 0.3) is 0 Å². The van der Waals surface area contributed by atoms with Crippen molar-refractivity contribution >= 4 is 5.97 Å². The highest BCUT2D eigenvalue weighted by Gasteiger charge is 2.30. The molecular weight excluding hydrogens is 228 g/mol. The molecule has 4 heteroatoms. The molecule has 4 nitrogen and oxygen atoms in total. The molecule has 0 N–H and O–H groups in total. The standard InChI is InChI=1S/C14H26N2O2/c1-14(2,3)18-13(17)6-8-15-9-10-16-7-4-5-12(16)11-15/h12H,4-11H2,1-3H3. The van der Waals surface area contributed by atoms with E-state index in [1.54, 1.807) is 0 Å². The number of hydrogen-bond donors (Lipinski definition) is 0. The van der Waals surface area contributed by atoms with Crippen molar-refractivity contribution in [3.8, 4) is 0 Å². The number of piperazine rings is 1. The van der Waals surface area contributed by atoms with Crippen molar-refractivity contribution in [1.29, 1.82) is 0 Å². The Morgan fingerprint density at radius 1 is 1.28 bits per heavy atom. The van der Waals surface area contributed by atoms with Crippen LogP contribution in [0.3, 0.4) is 0 Å². The second-order valence-corrected chi connectivity index (χ2v) is 6.47. The number of nitrogens with zero attached hydrogens (tertiary/aromatic N) is 2. The number of rotatable bonds is 3. The first-order valence-corrected chi connectivity index (χ1v) is 7.12. The lowest BCUT2D eigenvalue weighted by Crippen LogP contribution is -2.50. The quantitative estimate of drug-likeness (QED) is 0.715. The van der Waals surface area contributed by atoms with Crippen LogP contribution in [0.4, 0.5) is 0 Å². The lowest BCUT2D eigenvalue weighted by atomic mass is 10.1. The van der Waals surface area contributed by atoms with Crippen LogP contribution >= 0.6 is 0 Å². The number of ether oxygens (including phenoxy) is 1. The van der Waals surface area contributed by atoms with Crippen LogP contribution in [-0.2, 0) is 9.53 Å². The Labute approximate surface area is 110 Å². The third-order valence-corrected chi connectivity index (χ3v) is 3.72. The van der Waals surface area contributed by atoms with Gasteiger partial charge < -0.3 is 4.74 Å². The highest BCUT2D eigenvalue weighted by atomic mass is 16.6. The number of hydrogen-bond acceptors (Lipinski definition) is 4. The molecule has 2 rings (SSSR count). The van der Waals surface area contributed by atoms with Gasteiger partial charge in [-0.2, -0.15) is 0 Å². The van der Waals surface area contributed by atoms with Crippen LogP contribution in [0, 0.1) is 0 Å². The average Bonchev–Trinajstić information content (AvgIpc) is 2.71. The third-order valence-electron chi connectivity index (χ3n) is 3.72. The minimum absolute atomic E-state index is 0.0728. The Bertz CT molecular complexity index is 299. The predicted octanol–water partition coefficient (Wildman–Crippen LogP) is 1.50. The molecule has 0 aromatic rings. The second-order valence-electron chi connectivity index (χ2n) is 6.47. The summed E-state index contributed by atoms with van der Waals surface area (Å²) in [5, 5.41) is 0. The summed E-state index contributed by atoms with van der Waals surface area (Å²) >= 11 is 0. The summed E-state index contributed by atoms with van der Waals surface area (Å²) in [6.45, 7) is 11.3. The fourth-order valence-corrected chi connectivity index (χ4v) is 2.90. The van der Waals surface area contributed by atoms with Gasteiger partial charge in [-0.3, -0.25) is 14.6 Å². The molecule has 1 unspecified atom stereocenters. The first-order chi connectivity index (χ1) is 8.44. The number of esters is 1. The molecule has 0 aromatic heterocycles. The lowest BCUT2D eigenvalue weighted by Gasteiger charge is -2.37. The van der Waals surface area contributed by atoms with Crippen molar-refractivity contribution in [3.05, 3.63) is 0 Å². The summed E-state index contributed by atoms with van der Waals surface area (Å²) in [6, 6.07) is 0.734. The fraction of sp³-hybridized carbons (Fsp3) is 0.929. The van der Waals surface area contributed by atoms with Crippen LogP contribution in [0.1, 0.15) is 40.0 Å². The zero-order valence-electron chi connectivity index (χ0n) is 11.9. The molecule has 0 bridgehead atoms. The Balaban J connectivity index is 1.69. The maximum Gasteiger partial charge on any atom is 0.307 e. The van der Waals surface area contributed by atoms with Crippen LogP contribution in [-0.4, -0.2) is 60.1 Å². The first-order valence-electron chi connectivity index (χ1n) is 7.12. The molecule has 1 atom stereocenters. The third kappa shape index (κ3) is 3.95. The Kier molecular flexibility index (Phi) is 4.28. The minimum Gasteiger partial charge on any atom is -0.460 e.